The summed E-state index contributed by atoms with van der Waals surface area (Å²) >= 11 is 0. The molecule has 1 aromatic rings. The number of aliphatic hydroxyl groups is 1. The molecule has 0 heterocycles. The van der Waals surface area contributed by atoms with E-state index in [0.717, 1.165) is 38.3 Å². The zero-order valence-electron chi connectivity index (χ0n) is 21.1. The fourth-order valence-corrected chi connectivity index (χ4v) is 7.40. The molecule has 2 fully saturated rings. The third-order valence-corrected chi connectivity index (χ3v) is 9.16. The van der Waals surface area contributed by atoms with Crippen LogP contribution >= 0.6 is 0 Å². The fraction of sp³-hybridized carbons (Fsp3) is 0.567. The fourth-order valence-electron chi connectivity index (χ4n) is 7.40. The lowest BCUT2D eigenvalue weighted by atomic mass is 9.51. The Balaban J connectivity index is 1.67. The Morgan fingerprint density at radius 2 is 1.94 bits per heavy atom. The van der Waals surface area contributed by atoms with E-state index >= 15 is 0 Å². The summed E-state index contributed by atoms with van der Waals surface area (Å²) in [6.07, 6.45) is 6.81. The molecule has 0 spiro atoms. The standard InChI is InChI=1S/C30H35F2NO2/c1-28-18-25(19-6-5-7-21(16-19)33(3)4)27-23-11-9-22(34)17-20(23)8-10-24(27)26(28)12-13-30(28,35)15-14-29(2,31)32/h5-7,16-17,24-26,35H,8-13,18H2,1-4H3/t24-,25+,26-,28-,30+/m0/s1. The van der Waals surface area contributed by atoms with E-state index in [4.69, 9.17) is 0 Å². The Hall–Kier alpha value is -2.45. The van der Waals surface area contributed by atoms with Crippen LogP contribution in [0.25, 0.3) is 0 Å². The van der Waals surface area contributed by atoms with Gasteiger partial charge < -0.3 is 10.0 Å². The summed E-state index contributed by atoms with van der Waals surface area (Å²) in [5.41, 5.74) is 4.20. The maximum Gasteiger partial charge on any atom is 0.305 e. The smallest absolute Gasteiger partial charge is 0.305 e. The largest absolute Gasteiger partial charge is 0.378 e. The number of halogens is 2. The first-order chi connectivity index (χ1) is 16.4. The topological polar surface area (TPSA) is 40.5 Å². The SMILES string of the molecule is CN(C)c1cccc([C@H]2C[C@@]3(C)[C@@H](CC[C@@]3(O)C#CC(C)(F)F)[C@@H]3CCC4=CC(=O)CCC4=C32)c1. The zero-order chi connectivity index (χ0) is 25.2. The summed E-state index contributed by atoms with van der Waals surface area (Å²) < 4.78 is 27.4. The van der Waals surface area contributed by atoms with Crippen molar-refractivity contribution >= 4 is 11.5 Å². The molecular formula is C30H35F2NO2. The first kappa shape index (κ1) is 24.3. The highest BCUT2D eigenvalue weighted by Crippen LogP contribution is 2.66. The average Bonchev–Trinajstić information content (AvgIpc) is 3.07. The van der Waals surface area contributed by atoms with Gasteiger partial charge in [-0.3, -0.25) is 4.79 Å². The summed E-state index contributed by atoms with van der Waals surface area (Å²) in [7, 11) is 4.04. The number of alkyl halides is 2. The first-order valence-corrected chi connectivity index (χ1v) is 12.8. The van der Waals surface area contributed by atoms with E-state index in [-0.39, 0.29) is 23.5 Å². The summed E-state index contributed by atoms with van der Waals surface area (Å²) in [6.45, 7) is 2.86. The van der Waals surface area contributed by atoms with Crippen molar-refractivity contribution in [1.82, 2.24) is 0 Å². The van der Waals surface area contributed by atoms with Gasteiger partial charge >= 0.3 is 5.92 Å². The van der Waals surface area contributed by atoms with Gasteiger partial charge in [0, 0.05) is 44.5 Å². The lowest BCUT2D eigenvalue weighted by molar-refractivity contribution is -0.114. The van der Waals surface area contributed by atoms with E-state index in [1.54, 1.807) is 0 Å². The molecule has 4 aliphatic rings. The van der Waals surface area contributed by atoms with E-state index in [0.29, 0.717) is 19.3 Å². The Morgan fingerprint density at radius 1 is 1.17 bits per heavy atom. The van der Waals surface area contributed by atoms with Gasteiger partial charge in [0.2, 0.25) is 0 Å². The van der Waals surface area contributed by atoms with Crippen LogP contribution in [-0.2, 0) is 4.79 Å². The van der Waals surface area contributed by atoms with E-state index in [1.807, 2.05) is 20.2 Å². The van der Waals surface area contributed by atoms with Crippen LogP contribution in [0.5, 0.6) is 0 Å². The molecule has 0 amide bonds. The molecule has 0 unspecified atom stereocenters. The number of hydrogen-bond donors (Lipinski definition) is 1. The summed E-state index contributed by atoms with van der Waals surface area (Å²) in [4.78, 5) is 14.3. The van der Waals surface area contributed by atoms with Crippen LogP contribution < -0.4 is 4.90 Å². The van der Waals surface area contributed by atoms with Crippen LogP contribution in [-0.4, -0.2) is 36.5 Å². The lowest BCUT2D eigenvalue weighted by Gasteiger charge is -2.53. The van der Waals surface area contributed by atoms with E-state index in [2.05, 4.69) is 47.9 Å². The molecule has 5 heteroatoms. The molecule has 0 radical (unpaired) electrons. The van der Waals surface area contributed by atoms with Crippen LogP contribution in [0.1, 0.15) is 70.3 Å². The minimum Gasteiger partial charge on any atom is -0.378 e. The second-order valence-electron chi connectivity index (χ2n) is 11.5. The van der Waals surface area contributed by atoms with Crippen molar-refractivity contribution in [3.63, 3.8) is 0 Å². The average molecular weight is 480 g/mol. The minimum absolute atomic E-state index is 0.0570. The molecule has 1 N–H and O–H groups in total. The molecule has 0 saturated heterocycles. The molecule has 0 aliphatic heterocycles. The van der Waals surface area contributed by atoms with Crippen molar-refractivity contribution in [3.05, 3.63) is 52.6 Å². The molecular weight excluding hydrogens is 444 g/mol. The number of benzene rings is 1. The van der Waals surface area contributed by atoms with Gasteiger partial charge in [-0.05, 0) is 91.2 Å². The third-order valence-electron chi connectivity index (χ3n) is 9.16. The maximum absolute atomic E-state index is 13.7. The normalized spacial score (nSPS) is 34.3. The van der Waals surface area contributed by atoms with Crippen molar-refractivity contribution in [2.45, 2.75) is 76.2 Å². The Bertz CT molecular complexity index is 1180. The Kier molecular flexibility index (Phi) is 5.75. The summed E-state index contributed by atoms with van der Waals surface area (Å²) in [5, 5.41) is 11.8. The first-order valence-electron chi connectivity index (χ1n) is 12.8. The number of carbonyl (C=O) groups excluding carboxylic acids is 1. The third kappa shape index (κ3) is 4.04. The van der Waals surface area contributed by atoms with Crippen LogP contribution in [0.3, 0.4) is 0 Å². The molecule has 5 atom stereocenters. The molecule has 5 rings (SSSR count). The van der Waals surface area contributed by atoms with Gasteiger partial charge in [-0.1, -0.05) is 30.6 Å². The van der Waals surface area contributed by atoms with Crippen LogP contribution in [0, 0.1) is 29.1 Å². The number of anilines is 1. The van der Waals surface area contributed by atoms with Gasteiger partial charge in [0.15, 0.2) is 5.78 Å². The van der Waals surface area contributed by atoms with Gasteiger partial charge in [-0.2, -0.15) is 8.78 Å². The number of nitrogens with zero attached hydrogens (tertiary/aromatic N) is 1. The monoisotopic (exact) mass is 479 g/mol. The maximum atomic E-state index is 13.7. The predicted molar refractivity (Wildman–Crippen MR) is 134 cm³/mol. The van der Waals surface area contributed by atoms with E-state index in [1.165, 1.54) is 22.3 Å². The van der Waals surface area contributed by atoms with Crippen LogP contribution in [0.2, 0.25) is 0 Å². The van der Waals surface area contributed by atoms with Crippen molar-refractivity contribution in [1.29, 1.82) is 0 Å². The molecule has 4 aliphatic carbocycles. The summed E-state index contributed by atoms with van der Waals surface area (Å²) in [6, 6.07) is 8.52. The number of hydrogen-bond acceptors (Lipinski definition) is 3. The number of rotatable bonds is 2. The number of carbonyl (C=O) groups is 1. The van der Waals surface area contributed by atoms with Crippen LogP contribution in [0.4, 0.5) is 14.5 Å². The van der Waals surface area contributed by atoms with Gasteiger partial charge in [0.05, 0.1) is 0 Å². The highest BCUT2D eigenvalue weighted by molar-refractivity contribution is 5.93. The number of allylic oxidation sites excluding steroid dienone is 4. The molecule has 186 valence electrons. The number of ketones is 1. The zero-order valence-corrected chi connectivity index (χ0v) is 21.1. The van der Waals surface area contributed by atoms with Crippen molar-refractivity contribution < 1.29 is 18.7 Å². The van der Waals surface area contributed by atoms with E-state index < -0.39 is 16.9 Å². The summed E-state index contributed by atoms with van der Waals surface area (Å²) in [5.74, 6) is 2.32. The van der Waals surface area contributed by atoms with E-state index in [9.17, 15) is 18.7 Å². The van der Waals surface area contributed by atoms with Gasteiger partial charge in [-0.25, -0.2) is 0 Å². The molecule has 3 nitrogen and oxygen atoms in total. The van der Waals surface area contributed by atoms with Crippen molar-refractivity contribution in [3.8, 4) is 11.8 Å². The molecule has 1 aromatic carbocycles. The van der Waals surface area contributed by atoms with Crippen molar-refractivity contribution in [2.75, 3.05) is 19.0 Å². The molecule has 0 aromatic heterocycles. The predicted octanol–water partition coefficient (Wildman–Crippen LogP) is 6.04. The van der Waals surface area contributed by atoms with Crippen LogP contribution in [0.15, 0.2) is 47.1 Å². The van der Waals surface area contributed by atoms with Gasteiger partial charge in [0.25, 0.3) is 0 Å². The molecule has 2 saturated carbocycles. The van der Waals surface area contributed by atoms with Crippen molar-refractivity contribution in [2.24, 2.45) is 17.3 Å². The lowest BCUT2D eigenvalue weighted by Crippen LogP contribution is -2.51. The second kappa shape index (κ2) is 8.30. The highest BCUT2D eigenvalue weighted by Gasteiger charge is 2.62. The molecule has 0 bridgehead atoms. The number of fused-ring (bicyclic) bond motifs is 4. The van der Waals surface area contributed by atoms with Gasteiger partial charge in [-0.15, -0.1) is 0 Å². The Labute approximate surface area is 207 Å². The minimum atomic E-state index is -3.13. The van der Waals surface area contributed by atoms with Gasteiger partial charge in [0.1, 0.15) is 5.60 Å². The quantitative estimate of drug-likeness (QED) is 0.526. The second-order valence-corrected chi connectivity index (χ2v) is 11.5. The highest BCUT2D eigenvalue weighted by atomic mass is 19.3. The Morgan fingerprint density at radius 3 is 2.66 bits per heavy atom. The molecule has 35 heavy (non-hydrogen) atoms.